The lowest BCUT2D eigenvalue weighted by atomic mass is 10.1. The highest BCUT2D eigenvalue weighted by atomic mass is 35.5. The van der Waals surface area contributed by atoms with Crippen molar-refractivity contribution in [2.45, 2.75) is 50.3 Å². The van der Waals surface area contributed by atoms with Crippen LogP contribution in [0.1, 0.15) is 44.6 Å². The van der Waals surface area contributed by atoms with Gasteiger partial charge in [0.05, 0.1) is 15.6 Å². The molecular formula is C23H28ClN3O4S. The van der Waals surface area contributed by atoms with Gasteiger partial charge >= 0.3 is 0 Å². The fraction of sp³-hybridized carbons (Fsp3) is 0.391. The van der Waals surface area contributed by atoms with Gasteiger partial charge in [-0.25, -0.2) is 8.42 Å². The van der Waals surface area contributed by atoms with Gasteiger partial charge in [0.1, 0.15) is 0 Å². The molecule has 172 valence electrons. The SMILES string of the molecule is CC(=O)Nc1ccc(NC(=O)CCc2ccc(S(=O)(=O)N3CCCCCC3)cc2)cc1Cl. The average molecular weight is 478 g/mol. The van der Waals surface area contributed by atoms with Crippen molar-refractivity contribution >= 4 is 44.8 Å². The van der Waals surface area contributed by atoms with Crippen molar-refractivity contribution in [3.8, 4) is 0 Å². The number of rotatable bonds is 7. The minimum absolute atomic E-state index is 0.186. The van der Waals surface area contributed by atoms with E-state index in [0.29, 0.717) is 40.8 Å². The standard InChI is InChI=1S/C23H28ClN3O4S/c1-17(28)25-22-12-9-19(16-21(22)24)26-23(29)13-8-18-6-10-20(11-7-18)32(30,31)27-14-4-2-3-5-15-27/h6-7,9-12,16H,2-5,8,13-15H2,1H3,(H,25,28)(H,26,29). The molecule has 0 saturated carbocycles. The Bertz CT molecular complexity index is 1060. The zero-order chi connectivity index (χ0) is 23.1. The van der Waals surface area contributed by atoms with Gasteiger partial charge in [-0.05, 0) is 55.2 Å². The molecule has 0 radical (unpaired) electrons. The molecule has 0 bridgehead atoms. The normalized spacial score (nSPS) is 15.1. The summed E-state index contributed by atoms with van der Waals surface area (Å²) < 4.78 is 27.3. The van der Waals surface area contributed by atoms with Crippen LogP contribution in [0.5, 0.6) is 0 Å². The van der Waals surface area contributed by atoms with Crippen LogP contribution in [0, 0.1) is 0 Å². The molecule has 0 aromatic heterocycles. The number of benzene rings is 2. The van der Waals surface area contributed by atoms with Gasteiger partial charge in [0.15, 0.2) is 0 Å². The second kappa shape index (κ2) is 10.9. The second-order valence-electron chi connectivity index (χ2n) is 7.89. The van der Waals surface area contributed by atoms with Gasteiger partial charge in [-0.1, -0.05) is 36.6 Å². The Hall–Kier alpha value is -2.42. The number of aryl methyl sites for hydroxylation is 1. The first-order valence-electron chi connectivity index (χ1n) is 10.7. The molecule has 1 saturated heterocycles. The van der Waals surface area contributed by atoms with Gasteiger partial charge in [0.25, 0.3) is 0 Å². The summed E-state index contributed by atoms with van der Waals surface area (Å²) in [6, 6.07) is 11.6. The third-order valence-corrected chi connectivity index (χ3v) is 7.56. The zero-order valence-corrected chi connectivity index (χ0v) is 19.6. The van der Waals surface area contributed by atoms with Crippen molar-refractivity contribution in [1.82, 2.24) is 4.31 Å². The van der Waals surface area contributed by atoms with E-state index in [-0.39, 0.29) is 18.2 Å². The van der Waals surface area contributed by atoms with E-state index in [4.69, 9.17) is 11.6 Å². The molecule has 0 atom stereocenters. The van der Waals surface area contributed by atoms with Crippen LogP contribution >= 0.6 is 11.6 Å². The summed E-state index contributed by atoms with van der Waals surface area (Å²) in [6.07, 6.45) is 4.65. The number of hydrogen-bond donors (Lipinski definition) is 2. The molecule has 1 aliphatic heterocycles. The van der Waals surface area contributed by atoms with Crippen molar-refractivity contribution in [1.29, 1.82) is 0 Å². The minimum Gasteiger partial charge on any atom is -0.326 e. The molecule has 7 nitrogen and oxygen atoms in total. The van der Waals surface area contributed by atoms with Gasteiger partial charge in [-0.15, -0.1) is 0 Å². The summed E-state index contributed by atoms with van der Waals surface area (Å²) in [7, 11) is -3.47. The molecule has 2 amide bonds. The summed E-state index contributed by atoms with van der Waals surface area (Å²) in [5, 5.41) is 5.72. The van der Waals surface area contributed by atoms with Gasteiger partial charge in [0, 0.05) is 32.1 Å². The van der Waals surface area contributed by atoms with E-state index in [9.17, 15) is 18.0 Å². The average Bonchev–Trinajstić information content (AvgIpc) is 3.04. The predicted octanol–water partition coefficient (Wildman–Crippen LogP) is 4.43. The predicted molar refractivity (Wildman–Crippen MR) is 126 cm³/mol. The zero-order valence-electron chi connectivity index (χ0n) is 18.1. The Labute approximate surface area is 194 Å². The number of nitrogens with one attached hydrogen (secondary N) is 2. The molecule has 1 heterocycles. The number of hydrogen-bond acceptors (Lipinski definition) is 4. The van der Waals surface area contributed by atoms with E-state index < -0.39 is 10.0 Å². The van der Waals surface area contributed by atoms with Crippen molar-refractivity contribution in [2.75, 3.05) is 23.7 Å². The molecule has 1 fully saturated rings. The molecule has 1 aliphatic rings. The summed E-state index contributed by atoms with van der Waals surface area (Å²) in [4.78, 5) is 23.7. The Kier molecular flexibility index (Phi) is 8.28. The number of anilines is 2. The molecule has 32 heavy (non-hydrogen) atoms. The van der Waals surface area contributed by atoms with Crippen LogP contribution in [0.4, 0.5) is 11.4 Å². The van der Waals surface area contributed by atoms with Gasteiger partial charge in [-0.3, -0.25) is 9.59 Å². The lowest BCUT2D eigenvalue weighted by Gasteiger charge is -2.20. The first-order chi connectivity index (χ1) is 15.3. The van der Waals surface area contributed by atoms with E-state index in [1.54, 1.807) is 46.8 Å². The monoisotopic (exact) mass is 477 g/mol. The number of nitrogens with zero attached hydrogens (tertiary/aromatic N) is 1. The van der Waals surface area contributed by atoms with Gasteiger partial charge in [0.2, 0.25) is 21.8 Å². The maximum atomic E-state index is 12.9. The largest absolute Gasteiger partial charge is 0.326 e. The quantitative estimate of drug-likeness (QED) is 0.616. The highest BCUT2D eigenvalue weighted by Gasteiger charge is 2.24. The second-order valence-corrected chi connectivity index (χ2v) is 10.2. The van der Waals surface area contributed by atoms with Crippen molar-refractivity contribution in [3.63, 3.8) is 0 Å². The molecule has 2 N–H and O–H groups in total. The van der Waals surface area contributed by atoms with Crippen LogP contribution in [0.15, 0.2) is 47.4 Å². The highest BCUT2D eigenvalue weighted by molar-refractivity contribution is 7.89. The van der Waals surface area contributed by atoms with Gasteiger partial charge in [-0.2, -0.15) is 4.31 Å². The lowest BCUT2D eigenvalue weighted by Crippen LogP contribution is -2.31. The maximum absolute atomic E-state index is 12.9. The molecule has 2 aromatic rings. The van der Waals surface area contributed by atoms with E-state index >= 15 is 0 Å². The third kappa shape index (κ3) is 6.54. The topological polar surface area (TPSA) is 95.6 Å². The van der Waals surface area contributed by atoms with Gasteiger partial charge < -0.3 is 10.6 Å². The Morgan fingerprint density at radius 2 is 1.62 bits per heavy atom. The fourth-order valence-electron chi connectivity index (χ4n) is 3.62. The molecule has 0 spiro atoms. The first-order valence-corrected chi connectivity index (χ1v) is 12.5. The van der Waals surface area contributed by atoms with Crippen LogP contribution in [0.25, 0.3) is 0 Å². The molecule has 0 unspecified atom stereocenters. The summed E-state index contributed by atoms with van der Waals surface area (Å²) in [6.45, 7) is 2.53. The highest BCUT2D eigenvalue weighted by Crippen LogP contribution is 2.26. The molecule has 2 aromatic carbocycles. The number of carbonyl (C=O) groups is 2. The van der Waals surface area contributed by atoms with E-state index in [1.807, 2.05) is 0 Å². The number of amides is 2. The van der Waals surface area contributed by atoms with Crippen LogP contribution in [0.2, 0.25) is 5.02 Å². The molecular weight excluding hydrogens is 450 g/mol. The Morgan fingerprint density at radius 3 is 2.22 bits per heavy atom. The summed E-state index contributed by atoms with van der Waals surface area (Å²) >= 11 is 6.13. The van der Waals surface area contributed by atoms with Crippen LogP contribution in [-0.2, 0) is 26.0 Å². The number of halogens is 1. The van der Waals surface area contributed by atoms with Crippen molar-refractivity contribution < 1.29 is 18.0 Å². The summed E-state index contributed by atoms with van der Waals surface area (Å²) in [5.74, 6) is -0.413. The van der Waals surface area contributed by atoms with Crippen molar-refractivity contribution in [3.05, 3.63) is 53.1 Å². The third-order valence-electron chi connectivity index (χ3n) is 5.33. The van der Waals surface area contributed by atoms with E-state index in [2.05, 4.69) is 10.6 Å². The first kappa shape index (κ1) is 24.2. The van der Waals surface area contributed by atoms with Crippen molar-refractivity contribution in [2.24, 2.45) is 0 Å². The van der Waals surface area contributed by atoms with Crippen LogP contribution in [0.3, 0.4) is 0 Å². The molecule has 0 aliphatic carbocycles. The molecule has 3 rings (SSSR count). The minimum atomic E-state index is -3.47. The Morgan fingerprint density at radius 1 is 0.969 bits per heavy atom. The lowest BCUT2D eigenvalue weighted by molar-refractivity contribution is -0.116. The molecule has 9 heteroatoms. The van der Waals surface area contributed by atoms with Crippen LogP contribution in [-0.4, -0.2) is 37.6 Å². The Balaban J connectivity index is 1.55. The smallest absolute Gasteiger partial charge is 0.243 e. The fourth-order valence-corrected chi connectivity index (χ4v) is 5.37. The number of sulfonamides is 1. The maximum Gasteiger partial charge on any atom is 0.243 e. The summed E-state index contributed by atoms with van der Waals surface area (Å²) in [5.41, 5.74) is 1.90. The van der Waals surface area contributed by atoms with Crippen LogP contribution < -0.4 is 10.6 Å². The van der Waals surface area contributed by atoms with E-state index in [0.717, 1.165) is 31.2 Å². The van der Waals surface area contributed by atoms with E-state index in [1.165, 1.54) is 6.92 Å². The number of carbonyl (C=O) groups excluding carboxylic acids is 2.